The fraction of sp³-hybridized carbons (Fsp3) is 0.522. The molecule has 2 aliphatic heterocycles. The first-order valence-electron chi connectivity index (χ1n) is 10.8. The van der Waals surface area contributed by atoms with E-state index in [-0.39, 0.29) is 23.9 Å². The van der Waals surface area contributed by atoms with Crippen molar-refractivity contribution in [1.82, 2.24) is 19.8 Å². The van der Waals surface area contributed by atoms with Crippen LogP contribution in [0.5, 0.6) is 0 Å². The molecule has 0 unspecified atom stereocenters. The number of fused-ring (bicyclic) bond motifs is 1. The maximum atomic E-state index is 13.3. The van der Waals surface area contributed by atoms with Gasteiger partial charge in [-0.15, -0.1) is 0 Å². The number of pyridine rings is 1. The summed E-state index contributed by atoms with van der Waals surface area (Å²) in [7, 11) is 0. The number of aromatic nitrogens is 2. The molecule has 0 aliphatic carbocycles. The van der Waals surface area contributed by atoms with Crippen molar-refractivity contribution in [3.05, 3.63) is 52.6 Å². The van der Waals surface area contributed by atoms with E-state index < -0.39 is 0 Å². The molecule has 0 radical (unpaired) electrons. The smallest absolute Gasteiger partial charge is 0.270 e. The van der Waals surface area contributed by atoms with Crippen molar-refractivity contribution in [3.63, 3.8) is 0 Å². The topological polar surface area (TPSA) is 76.5 Å². The second kappa shape index (κ2) is 8.60. The molecule has 0 aromatic carbocycles. The average molecular weight is 411 g/mol. The summed E-state index contributed by atoms with van der Waals surface area (Å²) in [6, 6.07) is 5.75. The van der Waals surface area contributed by atoms with Gasteiger partial charge >= 0.3 is 0 Å². The van der Waals surface area contributed by atoms with Crippen LogP contribution >= 0.6 is 0 Å². The molecular weight excluding hydrogens is 380 g/mol. The van der Waals surface area contributed by atoms with Crippen LogP contribution in [0.25, 0.3) is 0 Å². The summed E-state index contributed by atoms with van der Waals surface area (Å²) < 4.78 is 7.60. The molecule has 1 saturated heterocycles. The lowest BCUT2D eigenvalue weighted by molar-refractivity contribution is 0.0683. The van der Waals surface area contributed by atoms with Crippen LogP contribution in [0.1, 0.15) is 76.9 Å². The minimum Gasteiger partial charge on any atom is -0.373 e. The van der Waals surface area contributed by atoms with E-state index in [1.54, 1.807) is 12.3 Å². The van der Waals surface area contributed by atoms with E-state index in [9.17, 15) is 9.59 Å². The summed E-state index contributed by atoms with van der Waals surface area (Å²) >= 11 is 0. The van der Waals surface area contributed by atoms with Crippen LogP contribution in [0.15, 0.2) is 24.4 Å². The van der Waals surface area contributed by atoms with Crippen LogP contribution in [-0.4, -0.2) is 45.5 Å². The van der Waals surface area contributed by atoms with Crippen LogP contribution in [0.3, 0.4) is 0 Å². The minimum atomic E-state index is -0.173. The predicted octanol–water partition coefficient (Wildman–Crippen LogP) is 3.23. The number of likely N-dealkylation sites (tertiary alicyclic amines) is 1. The first-order valence-corrected chi connectivity index (χ1v) is 10.8. The van der Waals surface area contributed by atoms with E-state index in [0.717, 1.165) is 42.8 Å². The van der Waals surface area contributed by atoms with Gasteiger partial charge in [-0.1, -0.05) is 13.0 Å². The lowest BCUT2D eigenvalue weighted by atomic mass is 10.0. The zero-order chi connectivity index (χ0) is 21.3. The lowest BCUT2D eigenvalue weighted by Crippen LogP contribution is -2.35. The SMILES string of the molecule is CC[C@@H](NC(=O)c1cc(C(=O)N2CCC[C@@H]2C)n2c1COCC2)c1cccnc1C. The van der Waals surface area contributed by atoms with Gasteiger partial charge in [-0.2, -0.15) is 0 Å². The molecule has 1 fully saturated rings. The molecule has 7 heteroatoms. The number of aryl methyl sites for hydroxylation is 1. The highest BCUT2D eigenvalue weighted by molar-refractivity contribution is 6.01. The normalized spacial score (nSPS) is 19.4. The number of hydrogen-bond donors (Lipinski definition) is 1. The lowest BCUT2D eigenvalue weighted by Gasteiger charge is -2.24. The number of amides is 2. The predicted molar refractivity (Wildman–Crippen MR) is 113 cm³/mol. The van der Waals surface area contributed by atoms with E-state index >= 15 is 0 Å². The molecule has 0 spiro atoms. The summed E-state index contributed by atoms with van der Waals surface area (Å²) in [5.41, 5.74) is 3.83. The highest BCUT2D eigenvalue weighted by atomic mass is 16.5. The maximum Gasteiger partial charge on any atom is 0.270 e. The number of ether oxygens (including phenoxy) is 1. The number of nitrogens with one attached hydrogen (secondary N) is 1. The fourth-order valence-electron chi connectivity index (χ4n) is 4.58. The largest absolute Gasteiger partial charge is 0.373 e. The van der Waals surface area contributed by atoms with Crippen molar-refractivity contribution in [3.8, 4) is 0 Å². The van der Waals surface area contributed by atoms with E-state index in [4.69, 9.17) is 4.74 Å². The summed E-state index contributed by atoms with van der Waals surface area (Å²) in [5.74, 6) is -0.162. The molecule has 2 aliphatic rings. The molecule has 4 heterocycles. The van der Waals surface area contributed by atoms with Gasteiger partial charge in [0.15, 0.2) is 0 Å². The van der Waals surface area contributed by atoms with Crippen molar-refractivity contribution in [1.29, 1.82) is 0 Å². The van der Waals surface area contributed by atoms with Gasteiger partial charge in [0, 0.05) is 31.0 Å². The van der Waals surface area contributed by atoms with Crippen LogP contribution < -0.4 is 5.32 Å². The van der Waals surface area contributed by atoms with Gasteiger partial charge in [0.25, 0.3) is 11.8 Å². The van der Waals surface area contributed by atoms with Crippen molar-refractivity contribution >= 4 is 11.8 Å². The van der Waals surface area contributed by atoms with Gasteiger partial charge in [-0.25, -0.2) is 0 Å². The molecule has 30 heavy (non-hydrogen) atoms. The Kier molecular flexibility index (Phi) is 5.90. The summed E-state index contributed by atoms with van der Waals surface area (Å²) in [6.45, 7) is 8.33. The standard InChI is InChI=1S/C23H30N4O3/c1-4-19(17-8-5-9-24-16(17)3)25-22(28)18-13-20(27-11-12-30-14-21(18)27)23(29)26-10-6-7-15(26)2/h5,8-9,13,15,19H,4,6-7,10-12,14H2,1-3H3,(H,25,28)/t15-,19+/m0/s1. The van der Waals surface area contributed by atoms with Crippen LogP contribution in [-0.2, 0) is 17.9 Å². The Morgan fingerprint density at radius 3 is 2.90 bits per heavy atom. The molecule has 1 N–H and O–H groups in total. The molecule has 2 aromatic rings. The molecule has 7 nitrogen and oxygen atoms in total. The van der Waals surface area contributed by atoms with Gasteiger partial charge in [-0.05, 0) is 50.8 Å². The average Bonchev–Trinajstić information content (AvgIpc) is 3.36. The highest BCUT2D eigenvalue weighted by Crippen LogP contribution is 2.27. The molecular formula is C23H30N4O3. The maximum absolute atomic E-state index is 13.3. The molecule has 2 amide bonds. The first kappa shape index (κ1) is 20.6. The number of rotatable bonds is 5. The number of carbonyl (C=O) groups is 2. The summed E-state index contributed by atoms with van der Waals surface area (Å²) in [5, 5.41) is 3.15. The zero-order valence-corrected chi connectivity index (χ0v) is 18.0. The first-order chi connectivity index (χ1) is 14.5. The van der Waals surface area contributed by atoms with Gasteiger partial charge < -0.3 is 19.5 Å². The second-order valence-corrected chi connectivity index (χ2v) is 8.20. The van der Waals surface area contributed by atoms with Crippen LogP contribution in [0, 0.1) is 6.92 Å². The Morgan fingerprint density at radius 2 is 2.20 bits per heavy atom. The van der Waals surface area contributed by atoms with Crippen molar-refractivity contribution < 1.29 is 14.3 Å². The number of nitrogens with zero attached hydrogens (tertiary/aromatic N) is 3. The molecule has 0 saturated carbocycles. The van der Waals surface area contributed by atoms with E-state index in [1.807, 2.05) is 35.4 Å². The quantitative estimate of drug-likeness (QED) is 0.821. The third kappa shape index (κ3) is 3.74. The molecule has 2 atom stereocenters. The third-order valence-corrected chi connectivity index (χ3v) is 6.32. The van der Waals surface area contributed by atoms with Gasteiger partial charge in [0.1, 0.15) is 5.69 Å². The second-order valence-electron chi connectivity index (χ2n) is 8.20. The van der Waals surface area contributed by atoms with Crippen molar-refractivity contribution in [2.75, 3.05) is 13.2 Å². The van der Waals surface area contributed by atoms with E-state index in [0.29, 0.717) is 31.0 Å². The van der Waals surface area contributed by atoms with Crippen molar-refractivity contribution in [2.24, 2.45) is 0 Å². The molecule has 160 valence electrons. The monoisotopic (exact) mass is 410 g/mol. The van der Waals surface area contributed by atoms with Gasteiger partial charge in [-0.3, -0.25) is 14.6 Å². The molecule has 4 rings (SSSR count). The van der Waals surface area contributed by atoms with Crippen molar-refractivity contribution in [2.45, 2.75) is 65.3 Å². The minimum absolute atomic E-state index is 0.0114. The van der Waals surface area contributed by atoms with E-state index in [1.165, 1.54) is 0 Å². The Bertz CT molecular complexity index is 952. The van der Waals surface area contributed by atoms with Crippen LogP contribution in [0.4, 0.5) is 0 Å². The van der Waals surface area contributed by atoms with Crippen LogP contribution in [0.2, 0.25) is 0 Å². The van der Waals surface area contributed by atoms with E-state index in [2.05, 4.69) is 17.2 Å². The Labute approximate surface area is 177 Å². The Hall–Kier alpha value is -2.67. The number of hydrogen-bond acceptors (Lipinski definition) is 4. The fourth-order valence-corrected chi connectivity index (χ4v) is 4.58. The molecule has 0 bridgehead atoms. The summed E-state index contributed by atoms with van der Waals surface area (Å²) in [6.07, 6.45) is 4.56. The Balaban J connectivity index is 1.63. The Morgan fingerprint density at radius 1 is 1.37 bits per heavy atom. The summed E-state index contributed by atoms with van der Waals surface area (Å²) in [4.78, 5) is 32.8. The van der Waals surface area contributed by atoms with Gasteiger partial charge in [0.2, 0.25) is 0 Å². The highest BCUT2D eigenvalue weighted by Gasteiger charge is 2.32. The van der Waals surface area contributed by atoms with Gasteiger partial charge in [0.05, 0.1) is 30.5 Å². The zero-order valence-electron chi connectivity index (χ0n) is 18.0. The molecule has 2 aromatic heterocycles. The third-order valence-electron chi connectivity index (χ3n) is 6.32. The number of carbonyl (C=O) groups excluding carboxylic acids is 2.